The second kappa shape index (κ2) is 12.0. The third-order valence-electron chi connectivity index (χ3n) is 3.40. The highest BCUT2D eigenvalue weighted by molar-refractivity contribution is 6.31. The van der Waals surface area contributed by atoms with Gasteiger partial charge in [0.15, 0.2) is 0 Å². The number of carboxylic acid groups (broad SMARTS) is 2. The molecule has 0 saturated heterocycles. The fourth-order valence-electron chi connectivity index (χ4n) is 2.09. The van der Waals surface area contributed by atoms with E-state index in [0.29, 0.717) is 29.7 Å². The summed E-state index contributed by atoms with van der Waals surface area (Å²) in [5.74, 6) is -3.68. The van der Waals surface area contributed by atoms with Crippen molar-refractivity contribution in [2.24, 2.45) is 0 Å². The zero-order valence-electron chi connectivity index (χ0n) is 15.1. The van der Waals surface area contributed by atoms with Gasteiger partial charge in [-0.3, -0.25) is 9.69 Å². The minimum absolute atomic E-state index is 0.0311. The summed E-state index contributed by atoms with van der Waals surface area (Å²) in [6.45, 7) is 1.46. The van der Waals surface area contributed by atoms with Gasteiger partial charge in [0, 0.05) is 23.1 Å². The third-order valence-corrected chi connectivity index (χ3v) is 4.02. The van der Waals surface area contributed by atoms with Crippen molar-refractivity contribution in [3.05, 3.63) is 69.7 Å². The normalized spacial score (nSPS) is 10.0. The van der Waals surface area contributed by atoms with Crippen molar-refractivity contribution in [3.63, 3.8) is 0 Å². The van der Waals surface area contributed by atoms with Crippen molar-refractivity contribution in [2.45, 2.75) is 13.1 Å². The Hall–Kier alpha value is -2.61. The maximum Gasteiger partial charge on any atom is 0.414 e. The van der Waals surface area contributed by atoms with Crippen LogP contribution in [0.2, 0.25) is 10.0 Å². The van der Waals surface area contributed by atoms with Crippen LogP contribution in [0, 0.1) is 0 Å². The van der Waals surface area contributed by atoms with Crippen molar-refractivity contribution in [3.8, 4) is 0 Å². The minimum Gasteiger partial charge on any atom is -0.473 e. The lowest BCUT2D eigenvalue weighted by atomic mass is 10.2. The van der Waals surface area contributed by atoms with Crippen molar-refractivity contribution in [2.75, 3.05) is 13.6 Å². The Morgan fingerprint density at radius 1 is 0.964 bits per heavy atom. The molecule has 0 saturated carbocycles. The number of hydrogen-bond acceptors (Lipinski definition) is 4. The van der Waals surface area contributed by atoms with Crippen LogP contribution in [-0.2, 0) is 27.5 Å². The van der Waals surface area contributed by atoms with E-state index >= 15 is 0 Å². The van der Waals surface area contributed by atoms with Crippen molar-refractivity contribution >= 4 is 41.0 Å². The molecular weight excluding hydrogens is 407 g/mol. The topological polar surface area (TPSA) is 107 Å². The van der Waals surface area contributed by atoms with E-state index in [-0.39, 0.29) is 5.91 Å². The molecule has 0 aliphatic carbocycles. The lowest BCUT2D eigenvalue weighted by Crippen LogP contribution is -2.34. The molecule has 0 unspecified atom stereocenters. The standard InChI is InChI=1S/C17H18Cl2N2O.C2H2O4/c1-21(11-13-6-8-15(18)9-7-13)12-17(22)20-10-14-4-2-3-5-16(14)19;3-1(4)2(5)6/h2-9H,10-12H2,1H3,(H,20,22);(H,3,4)(H,5,6). The van der Waals surface area contributed by atoms with E-state index in [4.69, 9.17) is 43.0 Å². The number of halogens is 2. The number of carboxylic acids is 2. The van der Waals surface area contributed by atoms with Crippen molar-refractivity contribution < 1.29 is 24.6 Å². The molecule has 0 heterocycles. The predicted molar refractivity (Wildman–Crippen MR) is 106 cm³/mol. The molecule has 2 rings (SSSR count). The average Bonchev–Trinajstić information content (AvgIpc) is 2.63. The van der Waals surface area contributed by atoms with E-state index in [1.54, 1.807) is 0 Å². The zero-order valence-corrected chi connectivity index (χ0v) is 16.6. The van der Waals surface area contributed by atoms with Crippen LogP contribution in [0.25, 0.3) is 0 Å². The van der Waals surface area contributed by atoms with Gasteiger partial charge in [-0.2, -0.15) is 0 Å². The van der Waals surface area contributed by atoms with Crippen molar-refractivity contribution in [1.82, 2.24) is 10.2 Å². The number of amides is 1. The van der Waals surface area contributed by atoms with Gasteiger partial charge in [-0.15, -0.1) is 0 Å². The van der Waals surface area contributed by atoms with Gasteiger partial charge in [0.25, 0.3) is 0 Å². The summed E-state index contributed by atoms with van der Waals surface area (Å²) in [5.41, 5.74) is 2.03. The van der Waals surface area contributed by atoms with Crippen LogP contribution in [0.15, 0.2) is 48.5 Å². The van der Waals surface area contributed by atoms with E-state index in [2.05, 4.69) is 5.32 Å². The van der Waals surface area contributed by atoms with E-state index in [1.807, 2.05) is 60.5 Å². The van der Waals surface area contributed by atoms with E-state index in [1.165, 1.54) is 0 Å². The first-order chi connectivity index (χ1) is 13.2. The van der Waals surface area contributed by atoms with E-state index < -0.39 is 11.9 Å². The van der Waals surface area contributed by atoms with Crippen LogP contribution < -0.4 is 5.32 Å². The molecule has 150 valence electrons. The van der Waals surface area contributed by atoms with E-state index in [0.717, 1.165) is 11.1 Å². The van der Waals surface area contributed by atoms with Gasteiger partial charge in [0.1, 0.15) is 0 Å². The number of aliphatic carboxylic acids is 2. The number of hydrogen-bond donors (Lipinski definition) is 3. The van der Waals surface area contributed by atoms with Gasteiger partial charge < -0.3 is 15.5 Å². The molecule has 9 heteroatoms. The average molecular weight is 427 g/mol. The SMILES string of the molecule is CN(CC(=O)NCc1ccccc1Cl)Cc1ccc(Cl)cc1.O=C(O)C(=O)O. The van der Waals surface area contributed by atoms with Crippen LogP contribution in [0.4, 0.5) is 0 Å². The van der Waals surface area contributed by atoms with Crippen LogP contribution in [0.5, 0.6) is 0 Å². The Morgan fingerprint density at radius 3 is 2.07 bits per heavy atom. The Morgan fingerprint density at radius 2 is 1.54 bits per heavy atom. The molecule has 0 atom stereocenters. The lowest BCUT2D eigenvalue weighted by Gasteiger charge is -2.16. The first kappa shape index (κ1) is 23.4. The van der Waals surface area contributed by atoms with Crippen molar-refractivity contribution in [1.29, 1.82) is 0 Å². The molecule has 0 aromatic heterocycles. The highest BCUT2D eigenvalue weighted by atomic mass is 35.5. The summed E-state index contributed by atoms with van der Waals surface area (Å²) in [7, 11) is 1.91. The molecule has 0 radical (unpaired) electrons. The smallest absolute Gasteiger partial charge is 0.414 e. The highest BCUT2D eigenvalue weighted by Gasteiger charge is 2.08. The molecular formula is C19H20Cl2N2O5. The Kier molecular flexibility index (Phi) is 10.0. The monoisotopic (exact) mass is 426 g/mol. The van der Waals surface area contributed by atoms with Gasteiger partial charge in [0.2, 0.25) is 5.91 Å². The maximum atomic E-state index is 12.0. The summed E-state index contributed by atoms with van der Waals surface area (Å²) >= 11 is 11.9. The highest BCUT2D eigenvalue weighted by Crippen LogP contribution is 2.14. The molecule has 2 aromatic carbocycles. The molecule has 0 aliphatic rings. The van der Waals surface area contributed by atoms with Crippen LogP contribution in [-0.4, -0.2) is 46.6 Å². The van der Waals surface area contributed by atoms with Gasteiger partial charge >= 0.3 is 11.9 Å². The van der Waals surface area contributed by atoms with Gasteiger partial charge in [-0.05, 0) is 36.4 Å². The quantitative estimate of drug-likeness (QED) is 0.612. The fraction of sp³-hybridized carbons (Fsp3) is 0.211. The Balaban J connectivity index is 0.000000568. The molecule has 7 nitrogen and oxygen atoms in total. The molecule has 1 amide bonds. The first-order valence-corrected chi connectivity index (χ1v) is 8.84. The summed E-state index contributed by atoms with van der Waals surface area (Å²) < 4.78 is 0. The lowest BCUT2D eigenvalue weighted by molar-refractivity contribution is -0.159. The molecule has 2 aromatic rings. The molecule has 0 fully saturated rings. The zero-order chi connectivity index (χ0) is 21.1. The summed E-state index contributed by atoms with van der Waals surface area (Å²) in [6, 6.07) is 15.1. The number of likely N-dealkylation sites (N-methyl/N-ethyl adjacent to an activating group) is 1. The second-order valence-corrected chi connectivity index (χ2v) is 6.62. The third kappa shape index (κ3) is 9.36. The van der Waals surface area contributed by atoms with Crippen LogP contribution in [0.3, 0.4) is 0 Å². The number of nitrogens with one attached hydrogen (secondary N) is 1. The Bertz CT molecular complexity index is 800. The molecule has 0 aliphatic heterocycles. The number of carbonyl (C=O) groups excluding carboxylic acids is 1. The number of carbonyl (C=O) groups is 3. The number of nitrogens with zero attached hydrogens (tertiary/aromatic N) is 1. The summed E-state index contributed by atoms with van der Waals surface area (Å²) in [4.78, 5) is 32.1. The molecule has 28 heavy (non-hydrogen) atoms. The second-order valence-electron chi connectivity index (χ2n) is 5.78. The molecule has 0 spiro atoms. The number of benzene rings is 2. The fourth-order valence-corrected chi connectivity index (χ4v) is 2.42. The maximum absolute atomic E-state index is 12.0. The van der Waals surface area contributed by atoms with Crippen LogP contribution >= 0.6 is 23.2 Å². The summed E-state index contributed by atoms with van der Waals surface area (Å²) in [5, 5.41) is 19.0. The van der Waals surface area contributed by atoms with E-state index in [9.17, 15) is 4.79 Å². The number of rotatable bonds is 6. The van der Waals surface area contributed by atoms with Gasteiger partial charge in [0.05, 0.1) is 6.54 Å². The minimum atomic E-state index is -1.82. The molecule has 3 N–H and O–H groups in total. The molecule has 0 bridgehead atoms. The summed E-state index contributed by atoms with van der Waals surface area (Å²) in [6.07, 6.45) is 0. The van der Waals surface area contributed by atoms with Gasteiger partial charge in [-0.25, -0.2) is 9.59 Å². The van der Waals surface area contributed by atoms with Crippen LogP contribution in [0.1, 0.15) is 11.1 Å². The predicted octanol–water partition coefficient (Wildman–Crippen LogP) is 2.90. The Labute approximate surface area is 172 Å². The largest absolute Gasteiger partial charge is 0.473 e. The first-order valence-electron chi connectivity index (χ1n) is 8.08. The van der Waals surface area contributed by atoms with Gasteiger partial charge in [-0.1, -0.05) is 53.5 Å².